The summed E-state index contributed by atoms with van der Waals surface area (Å²) >= 11 is 0. The maximum atomic E-state index is 13.4. The molecule has 5 heteroatoms. The van der Waals surface area contributed by atoms with Gasteiger partial charge in [-0.05, 0) is 47.9 Å². The van der Waals surface area contributed by atoms with Crippen LogP contribution in [0.2, 0.25) is 0 Å². The Balaban J connectivity index is 1.22. The SMILES string of the molecule is N#Cc1cccc(CN2C[C@@H]3C(NC(=O)C(O)(c4ccccc4)C4CCCC4)[C@@H]3C2)c1. The van der Waals surface area contributed by atoms with Gasteiger partial charge in [0.1, 0.15) is 0 Å². The minimum atomic E-state index is -1.44. The fourth-order valence-corrected chi connectivity index (χ4v) is 5.80. The molecule has 2 N–H and O–H groups in total. The molecule has 2 unspecified atom stereocenters. The molecule has 1 aliphatic heterocycles. The third kappa shape index (κ3) is 3.75. The molecule has 1 saturated heterocycles. The van der Waals surface area contributed by atoms with Crippen molar-refractivity contribution in [1.82, 2.24) is 10.2 Å². The van der Waals surface area contributed by atoms with Crippen molar-refractivity contribution >= 4 is 5.91 Å². The standard InChI is InChI=1S/C26H29N3O2/c27-14-18-7-6-8-19(13-18)15-29-16-22-23(17-29)24(22)28-25(30)26(31,21-11-4-5-12-21)20-9-2-1-3-10-20/h1-3,6-10,13,21-24,31H,4-5,11-12,15-17H2,(H,28,30)/t22-,23+,24?,26?. The summed E-state index contributed by atoms with van der Waals surface area (Å²) in [6.45, 7) is 2.72. The number of piperidine rings is 1. The Labute approximate surface area is 183 Å². The van der Waals surface area contributed by atoms with Crippen LogP contribution in [-0.4, -0.2) is 35.0 Å². The summed E-state index contributed by atoms with van der Waals surface area (Å²) in [7, 11) is 0. The summed E-state index contributed by atoms with van der Waals surface area (Å²) in [6.07, 6.45) is 3.94. The molecule has 3 aliphatic rings. The van der Waals surface area contributed by atoms with Crippen LogP contribution in [-0.2, 0) is 16.9 Å². The van der Waals surface area contributed by atoms with Gasteiger partial charge < -0.3 is 10.4 Å². The molecule has 3 fully saturated rings. The Bertz CT molecular complexity index is 983. The number of hydrogen-bond acceptors (Lipinski definition) is 4. The van der Waals surface area contributed by atoms with Gasteiger partial charge in [-0.3, -0.25) is 9.69 Å². The summed E-state index contributed by atoms with van der Waals surface area (Å²) in [4.78, 5) is 15.8. The second-order valence-corrected chi connectivity index (χ2v) is 9.45. The lowest BCUT2D eigenvalue weighted by atomic mass is 9.79. The van der Waals surface area contributed by atoms with E-state index in [0.29, 0.717) is 23.0 Å². The first kappa shape index (κ1) is 20.2. The lowest BCUT2D eigenvalue weighted by Gasteiger charge is -2.33. The van der Waals surface area contributed by atoms with Crippen LogP contribution in [0.5, 0.6) is 0 Å². The molecule has 2 aromatic carbocycles. The first-order valence-electron chi connectivity index (χ1n) is 11.4. The van der Waals surface area contributed by atoms with Crippen molar-refractivity contribution in [3.63, 3.8) is 0 Å². The van der Waals surface area contributed by atoms with E-state index in [1.807, 2.05) is 48.5 Å². The first-order valence-corrected chi connectivity index (χ1v) is 11.4. The number of fused-ring (bicyclic) bond motifs is 1. The van der Waals surface area contributed by atoms with Gasteiger partial charge in [-0.15, -0.1) is 0 Å². The third-order valence-electron chi connectivity index (χ3n) is 7.54. The Morgan fingerprint density at radius 3 is 2.48 bits per heavy atom. The van der Waals surface area contributed by atoms with Crippen LogP contribution in [0.15, 0.2) is 54.6 Å². The molecule has 5 nitrogen and oxygen atoms in total. The van der Waals surface area contributed by atoms with Crippen molar-refractivity contribution in [3.05, 3.63) is 71.3 Å². The number of hydrogen-bond donors (Lipinski definition) is 2. The molecule has 2 aliphatic carbocycles. The number of carbonyl (C=O) groups excluding carboxylic acids is 1. The van der Waals surface area contributed by atoms with Gasteiger partial charge >= 0.3 is 0 Å². The summed E-state index contributed by atoms with van der Waals surface area (Å²) in [5, 5.41) is 23.9. The highest BCUT2D eigenvalue weighted by Crippen LogP contribution is 2.47. The molecule has 5 rings (SSSR count). The highest BCUT2D eigenvalue weighted by atomic mass is 16.3. The summed E-state index contributed by atoms with van der Waals surface area (Å²) in [6, 6.07) is 19.6. The fraction of sp³-hybridized carbons (Fsp3) is 0.462. The second-order valence-electron chi connectivity index (χ2n) is 9.45. The van der Waals surface area contributed by atoms with Crippen LogP contribution < -0.4 is 5.32 Å². The largest absolute Gasteiger partial charge is 0.375 e. The predicted molar refractivity (Wildman–Crippen MR) is 118 cm³/mol. The number of nitrogens with zero attached hydrogens (tertiary/aromatic N) is 2. The van der Waals surface area contributed by atoms with Gasteiger partial charge in [-0.25, -0.2) is 0 Å². The molecule has 31 heavy (non-hydrogen) atoms. The second kappa shape index (κ2) is 8.11. The zero-order valence-electron chi connectivity index (χ0n) is 17.7. The minimum Gasteiger partial charge on any atom is -0.375 e. The quantitative estimate of drug-likeness (QED) is 0.760. The van der Waals surface area contributed by atoms with E-state index < -0.39 is 5.60 Å². The maximum Gasteiger partial charge on any atom is 0.257 e. The lowest BCUT2D eigenvalue weighted by Crippen LogP contribution is -2.50. The van der Waals surface area contributed by atoms with Gasteiger partial charge in [0.05, 0.1) is 11.6 Å². The van der Waals surface area contributed by atoms with Gasteiger partial charge in [0.15, 0.2) is 5.60 Å². The number of rotatable bonds is 6. The molecule has 0 radical (unpaired) electrons. The number of nitrogens with one attached hydrogen (secondary N) is 1. The Hall–Kier alpha value is -2.68. The van der Waals surface area contributed by atoms with Crippen LogP contribution >= 0.6 is 0 Å². The fourth-order valence-electron chi connectivity index (χ4n) is 5.80. The molecule has 1 heterocycles. The molecule has 0 aromatic heterocycles. The van der Waals surface area contributed by atoms with E-state index in [9.17, 15) is 9.90 Å². The van der Waals surface area contributed by atoms with Crippen molar-refractivity contribution in [2.24, 2.45) is 17.8 Å². The third-order valence-corrected chi connectivity index (χ3v) is 7.54. The Morgan fingerprint density at radius 1 is 1.10 bits per heavy atom. The highest BCUT2D eigenvalue weighted by Gasteiger charge is 2.58. The zero-order chi connectivity index (χ0) is 21.4. The van der Waals surface area contributed by atoms with Crippen LogP contribution in [0.4, 0.5) is 0 Å². The van der Waals surface area contributed by atoms with Crippen LogP contribution in [0.3, 0.4) is 0 Å². The van der Waals surface area contributed by atoms with Gasteiger partial charge in [0, 0.05) is 31.6 Å². The number of benzene rings is 2. The molecule has 4 atom stereocenters. The molecular weight excluding hydrogens is 386 g/mol. The molecule has 2 aromatic rings. The van der Waals surface area contributed by atoms with Crippen molar-refractivity contribution in [1.29, 1.82) is 5.26 Å². The topological polar surface area (TPSA) is 76.4 Å². The van der Waals surface area contributed by atoms with Gasteiger partial charge in [-0.1, -0.05) is 55.3 Å². The van der Waals surface area contributed by atoms with E-state index in [4.69, 9.17) is 5.26 Å². The normalized spacial score (nSPS) is 27.3. The van der Waals surface area contributed by atoms with Gasteiger partial charge in [0.2, 0.25) is 0 Å². The average molecular weight is 416 g/mol. The summed E-state index contributed by atoms with van der Waals surface area (Å²) < 4.78 is 0. The van der Waals surface area contributed by atoms with Crippen LogP contribution in [0, 0.1) is 29.1 Å². The number of amides is 1. The van der Waals surface area contributed by atoms with Gasteiger partial charge in [-0.2, -0.15) is 5.26 Å². The number of likely N-dealkylation sites (tertiary alicyclic amines) is 1. The number of aliphatic hydroxyl groups is 1. The molecular formula is C26H29N3O2. The summed E-state index contributed by atoms with van der Waals surface area (Å²) in [5.74, 6) is 0.661. The van der Waals surface area contributed by atoms with Crippen molar-refractivity contribution in [2.45, 2.75) is 43.9 Å². The van der Waals surface area contributed by atoms with E-state index in [0.717, 1.165) is 50.9 Å². The van der Waals surface area contributed by atoms with Crippen LogP contribution in [0.25, 0.3) is 0 Å². The number of carbonyl (C=O) groups is 1. The Kier molecular flexibility index (Phi) is 5.29. The van der Waals surface area contributed by atoms with Crippen molar-refractivity contribution < 1.29 is 9.90 Å². The lowest BCUT2D eigenvalue weighted by molar-refractivity contribution is -0.147. The summed E-state index contributed by atoms with van der Waals surface area (Å²) in [5.41, 5.74) is 1.12. The van der Waals surface area contributed by atoms with Crippen molar-refractivity contribution in [2.75, 3.05) is 13.1 Å². The van der Waals surface area contributed by atoms with E-state index in [2.05, 4.69) is 22.4 Å². The molecule has 160 valence electrons. The Morgan fingerprint density at radius 2 is 1.81 bits per heavy atom. The predicted octanol–water partition coefficient (Wildman–Crippen LogP) is 3.18. The molecule has 0 spiro atoms. The average Bonchev–Trinajstić information content (AvgIpc) is 3.21. The van der Waals surface area contributed by atoms with Gasteiger partial charge in [0.25, 0.3) is 5.91 Å². The number of nitriles is 1. The maximum absolute atomic E-state index is 13.4. The van der Waals surface area contributed by atoms with Crippen LogP contribution in [0.1, 0.15) is 42.4 Å². The molecule has 0 bridgehead atoms. The van der Waals surface area contributed by atoms with E-state index in [1.54, 1.807) is 0 Å². The monoisotopic (exact) mass is 415 g/mol. The van der Waals surface area contributed by atoms with E-state index in [-0.39, 0.29) is 17.9 Å². The van der Waals surface area contributed by atoms with E-state index in [1.165, 1.54) is 0 Å². The van der Waals surface area contributed by atoms with Crippen molar-refractivity contribution in [3.8, 4) is 6.07 Å². The minimum absolute atomic E-state index is 0.0163. The highest BCUT2D eigenvalue weighted by molar-refractivity contribution is 5.87. The zero-order valence-corrected chi connectivity index (χ0v) is 17.7. The molecule has 2 saturated carbocycles. The smallest absolute Gasteiger partial charge is 0.257 e. The molecule has 1 amide bonds. The first-order chi connectivity index (χ1) is 15.1. The van der Waals surface area contributed by atoms with E-state index >= 15 is 0 Å².